The van der Waals surface area contributed by atoms with E-state index in [1.54, 1.807) is 32.4 Å². The minimum absolute atomic E-state index is 0.151. The van der Waals surface area contributed by atoms with Crippen LogP contribution in [-0.4, -0.2) is 38.5 Å². The van der Waals surface area contributed by atoms with Gasteiger partial charge in [-0.2, -0.15) is 0 Å². The van der Waals surface area contributed by atoms with Gasteiger partial charge in [-0.15, -0.1) is 0 Å². The normalized spacial score (nSPS) is 10.4. The van der Waals surface area contributed by atoms with Crippen LogP contribution in [0.2, 0.25) is 0 Å². The Labute approximate surface area is 204 Å². The number of carbonyl (C=O) groups excluding carboxylic acids is 1. The van der Waals surface area contributed by atoms with Crippen LogP contribution in [0.25, 0.3) is 6.08 Å². The largest absolute Gasteiger partial charge is 0.493 e. The molecule has 0 spiro atoms. The van der Waals surface area contributed by atoms with Gasteiger partial charge in [-0.3, -0.25) is 10.1 Å². The third-order valence-electron chi connectivity index (χ3n) is 4.56. The van der Waals surface area contributed by atoms with Crippen LogP contribution in [0.1, 0.15) is 5.56 Å². The van der Waals surface area contributed by atoms with Gasteiger partial charge in [0.05, 0.1) is 19.9 Å². The van der Waals surface area contributed by atoms with Gasteiger partial charge in [-0.1, -0.05) is 36.4 Å². The van der Waals surface area contributed by atoms with Crippen molar-refractivity contribution < 1.29 is 23.7 Å². The average molecular weight is 479 g/mol. The Morgan fingerprint density at radius 1 is 0.853 bits per heavy atom. The Bertz CT molecular complexity index is 1140. The Morgan fingerprint density at radius 2 is 1.56 bits per heavy atom. The van der Waals surface area contributed by atoms with Gasteiger partial charge >= 0.3 is 0 Å². The maximum absolute atomic E-state index is 12.3. The highest BCUT2D eigenvalue weighted by atomic mass is 32.1. The molecule has 0 unspecified atom stereocenters. The molecule has 0 bridgehead atoms. The molecular weight excluding hydrogens is 452 g/mol. The molecule has 0 fully saturated rings. The quantitative estimate of drug-likeness (QED) is 0.249. The maximum Gasteiger partial charge on any atom is 0.250 e. The van der Waals surface area contributed by atoms with Gasteiger partial charge in [0, 0.05) is 6.08 Å². The summed E-state index contributed by atoms with van der Waals surface area (Å²) in [6, 6.07) is 22.2. The molecule has 0 aliphatic carbocycles. The molecule has 0 heterocycles. The van der Waals surface area contributed by atoms with E-state index in [0.29, 0.717) is 36.1 Å². The van der Waals surface area contributed by atoms with E-state index in [1.807, 2.05) is 60.7 Å². The molecule has 3 aromatic rings. The molecule has 0 radical (unpaired) electrons. The summed E-state index contributed by atoms with van der Waals surface area (Å²) in [5.74, 6) is 2.19. The third kappa shape index (κ3) is 7.53. The van der Waals surface area contributed by atoms with Gasteiger partial charge in [-0.05, 0) is 60.3 Å². The molecule has 0 aromatic heterocycles. The van der Waals surface area contributed by atoms with Crippen molar-refractivity contribution in [1.82, 2.24) is 5.32 Å². The number of hydrogen-bond acceptors (Lipinski definition) is 6. The highest BCUT2D eigenvalue weighted by Gasteiger charge is 2.08. The molecule has 1 amide bonds. The number of amides is 1. The minimum atomic E-state index is -0.373. The molecule has 8 heteroatoms. The van der Waals surface area contributed by atoms with E-state index in [2.05, 4.69) is 10.6 Å². The van der Waals surface area contributed by atoms with Crippen LogP contribution >= 0.6 is 12.2 Å². The number of para-hydroxylation sites is 3. The third-order valence-corrected chi connectivity index (χ3v) is 4.76. The van der Waals surface area contributed by atoms with Crippen LogP contribution in [0, 0.1) is 0 Å². The predicted octanol–water partition coefficient (Wildman–Crippen LogP) is 4.69. The lowest BCUT2D eigenvalue weighted by molar-refractivity contribution is -0.115. The van der Waals surface area contributed by atoms with E-state index in [-0.39, 0.29) is 11.0 Å². The van der Waals surface area contributed by atoms with Gasteiger partial charge in [0.2, 0.25) is 5.91 Å². The Kier molecular flexibility index (Phi) is 9.30. The lowest BCUT2D eigenvalue weighted by Crippen LogP contribution is -2.33. The lowest BCUT2D eigenvalue weighted by Gasteiger charge is -2.14. The Morgan fingerprint density at radius 3 is 2.32 bits per heavy atom. The number of nitrogens with one attached hydrogen (secondary N) is 2. The van der Waals surface area contributed by atoms with Crippen molar-refractivity contribution in [3.63, 3.8) is 0 Å². The molecule has 176 valence electrons. The van der Waals surface area contributed by atoms with E-state index >= 15 is 0 Å². The van der Waals surface area contributed by atoms with Gasteiger partial charge in [0.1, 0.15) is 24.7 Å². The summed E-state index contributed by atoms with van der Waals surface area (Å²) in [4.78, 5) is 12.3. The second-order valence-electron chi connectivity index (χ2n) is 6.90. The van der Waals surface area contributed by atoms with Gasteiger partial charge in [0.25, 0.3) is 0 Å². The number of hydrogen-bond donors (Lipinski definition) is 2. The topological polar surface area (TPSA) is 78.1 Å². The summed E-state index contributed by atoms with van der Waals surface area (Å²) >= 11 is 5.28. The molecule has 0 saturated heterocycles. The fourth-order valence-corrected chi connectivity index (χ4v) is 3.17. The molecule has 34 heavy (non-hydrogen) atoms. The molecule has 0 aliphatic rings. The molecule has 7 nitrogen and oxygen atoms in total. The smallest absolute Gasteiger partial charge is 0.250 e. The maximum atomic E-state index is 12.3. The van der Waals surface area contributed by atoms with E-state index in [9.17, 15) is 4.79 Å². The summed E-state index contributed by atoms with van der Waals surface area (Å²) in [5.41, 5.74) is 1.42. The first kappa shape index (κ1) is 24.6. The summed E-state index contributed by atoms with van der Waals surface area (Å²) in [6.45, 7) is 0.737. The molecule has 0 atom stereocenters. The van der Waals surface area contributed by atoms with Crippen molar-refractivity contribution in [2.24, 2.45) is 0 Å². The fourth-order valence-electron chi connectivity index (χ4n) is 2.96. The number of methoxy groups -OCH3 is 2. The van der Waals surface area contributed by atoms with E-state index in [1.165, 1.54) is 6.08 Å². The first-order valence-electron chi connectivity index (χ1n) is 10.5. The number of anilines is 1. The highest BCUT2D eigenvalue weighted by Crippen LogP contribution is 2.28. The molecule has 0 aliphatic heterocycles. The van der Waals surface area contributed by atoms with Crippen LogP contribution in [-0.2, 0) is 4.79 Å². The number of rotatable bonds is 10. The molecule has 3 aromatic carbocycles. The molecule has 0 saturated carbocycles. The van der Waals surface area contributed by atoms with Crippen LogP contribution in [0.15, 0.2) is 78.9 Å². The SMILES string of the molecule is COc1ccc(/C=C/C(=O)NC(=S)Nc2ccccc2OCCOc2ccccc2)cc1OC. The predicted molar refractivity (Wildman–Crippen MR) is 137 cm³/mol. The zero-order valence-electron chi connectivity index (χ0n) is 18.9. The summed E-state index contributed by atoms with van der Waals surface area (Å²) in [5, 5.41) is 5.77. The van der Waals surface area contributed by atoms with Crippen molar-refractivity contribution >= 4 is 35.0 Å². The number of carbonyl (C=O) groups is 1. The molecule has 3 rings (SSSR count). The van der Waals surface area contributed by atoms with Crippen molar-refractivity contribution in [3.05, 3.63) is 84.4 Å². The Balaban J connectivity index is 1.50. The van der Waals surface area contributed by atoms with Gasteiger partial charge in [0.15, 0.2) is 16.6 Å². The first-order valence-corrected chi connectivity index (χ1v) is 10.9. The zero-order chi connectivity index (χ0) is 24.2. The summed E-state index contributed by atoms with van der Waals surface area (Å²) in [7, 11) is 3.12. The number of ether oxygens (including phenoxy) is 4. The van der Waals surface area contributed by atoms with Crippen LogP contribution in [0.3, 0.4) is 0 Å². The Hall–Kier alpha value is -4.04. The van der Waals surface area contributed by atoms with E-state index in [0.717, 1.165) is 11.3 Å². The second-order valence-corrected chi connectivity index (χ2v) is 7.31. The minimum Gasteiger partial charge on any atom is -0.493 e. The molecular formula is C26H26N2O5S. The van der Waals surface area contributed by atoms with E-state index in [4.69, 9.17) is 31.2 Å². The van der Waals surface area contributed by atoms with Gasteiger partial charge in [-0.25, -0.2) is 0 Å². The standard InChI is InChI=1S/C26H26N2O5S/c1-30-23-14-12-19(18-24(23)31-2)13-15-25(29)28-26(34)27-21-10-6-7-11-22(21)33-17-16-32-20-8-4-3-5-9-20/h3-15,18H,16-17H2,1-2H3,(H2,27,28,29,34)/b15-13+. The number of benzene rings is 3. The van der Waals surface area contributed by atoms with Crippen LogP contribution < -0.4 is 29.6 Å². The van der Waals surface area contributed by atoms with Crippen molar-refractivity contribution in [2.45, 2.75) is 0 Å². The van der Waals surface area contributed by atoms with Crippen molar-refractivity contribution in [2.75, 3.05) is 32.8 Å². The van der Waals surface area contributed by atoms with Crippen LogP contribution in [0.4, 0.5) is 5.69 Å². The highest BCUT2D eigenvalue weighted by molar-refractivity contribution is 7.80. The van der Waals surface area contributed by atoms with Crippen molar-refractivity contribution in [1.29, 1.82) is 0 Å². The monoisotopic (exact) mass is 478 g/mol. The fraction of sp³-hybridized carbons (Fsp3) is 0.154. The summed E-state index contributed by atoms with van der Waals surface area (Å²) < 4.78 is 21.9. The second kappa shape index (κ2) is 12.9. The zero-order valence-corrected chi connectivity index (χ0v) is 19.8. The first-order chi connectivity index (χ1) is 16.6. The lowest BCUT2D eigenvalue weighted by atomic mass is 10.2. The summed E-state index contributed by atoms with van der Waals surface area (Å²) in [6.07, 6.45) is 3.04. The number of thiocarbonyl (C=S) groups is 1. The average Bonchev–Trinajstić information content (AvgIpc) is 2.86. The van der Waals surface area contributed by atoms with Crippen LogP contribution in [0.5, 0.6) is 23.0 Å². The molecule has 2 N–H and O–H groups in total. The van der Waals surface area contributed by atoms with E-state index < -0.39 is 0 Å². The van der Waals surface area contributed by atoms with Gasteiger partial charge < -0.3 is 24.3 Å². The van der Waals surface area contributed by atoms with Crippen molar-refractivity contribution in [3.8, 4) is 23.0 Å².